The Balaban J connectivity index is 1.68. The molecule has 0 aliphatic carbocycles. The van der Waals surface area contributed by atoms with Crippen molar-refractivity contribution in [3.05, 3.63) is 53.9 Å². The van der Waals surface area contributed by atoms with Crippen LogP contribution in [-0.4, -0.2) is 47.3 Å². The molecule has 1 aromatic carbocycles. The minimum Gasteiger partial charge on any atom is -0.505 e. The number of carbonyl (C=O) groups excluding carboxylic acids is 2. The van der Waals surface area contributed by atoms with E-state index < -0.39 is 17.9 Å². The van der Waals surface area contributed by atoms with Crippen molar-refractivity contribution in [3.63, 3.8) is 0 Å². The summed E-state index contributed by atoms with van der Waals surface area (Å²) in [6, 6.07) is 7.58. The summed E-state index contributed by atoms with van der Waals surface area (Å²) in [6.45, 7) is 0.804. The summed E-state index contributed by atoms with van der Waals surface area (Å²) in [5.41, 5.74) is 5.75. The molecular weight excluding hydrogens is 338 g/mol. The average Bonchev–Trinajstić information content (AvgIpc) is 2.64. The summed E-state index contributed by atoms with van der Waals surface area (Å²) >= 11 is 0. The van der Waals surface area contributed by atoms with Crippen molar-refractivity contribution in [2.24, 2.45) is 5.73 Å². The lowest BCUT2D eigenvalue weighted by molar-refractivity contribution is -0.0135. The molecular formula is C18H19N3O5. The van der Waals surface area contributed by atoms with Crippen LogP contribution in [0.1, 0.15) is 27.1 Å². The molecule has 1 aromatic heterocycles. The lowest BCUT2D eigenvalue weighted by atomic mass is 10.0. The molecule has 0 saturated carbocycles. The molecule has 1 aliphatic heterocycles. The van der Waals surface area contributed by atoms with Gasteiger partial charge in [0.1, 0.15) is 17.6 Å². The van der Waals surface area contributed by atoms with Crippen molar-refractivity contribution in [2.45, 2.75) is 18.6 Å². The number of primary amides is 1. The minimum absolute atomic E-state index is 0.149. The number of nitrogens with zero attached hydrogens (tertiary/aromatic N) is 1. The molecule has 2 amide bonds. The van der Waals surface area contributed by atoms with Crippen molar-refractivity contribution >= 4 is 11.8 Å². The molecule has 1 saturated heterocycles. The lowest BCUT2D eigenvalue weighted by Gasteiger charge is -2.32. The second kappa shape index (κ2) is 7.83. The van der Waals surface area contributed by atoms with Gasteiger partial charge in [-0.2, -0.15) is 0 Å². The lowest BCUT2D eigenvalue weighted by Crippen LogP contribution is -2.51. The van der Waals surface area contributed by atoms with E-state index in [0.717, 1.165) is 0 Å². The highest BCUT2D eigenvalue weighted by Crippen LogP contribution is 2.20. The second-order valence-corrected chi connectivity index (χ2v) is 5.88. The normalized spacial score (nSPS) is 19.5. The van der Waals surface area contributed by atoms with E-state index in [-0.39, 0.29) is 17.4 Å². The number of rotatable bonds is 5. The Morgan fingerprint density at radius 2 is 2.04 bits per heavy atom. The van der Waals surface area contributed by atoms with Crippen LogP contribution in [0.25, 0.3) is 0 Å². The summed E-state index contributed by atoms with van der Waals surface area (Å²) in [6.07, 6.45) is 2.82. The number of aromatic nitrogens is 1. The first-order valence-corrected chi connectivity index (χ1v) is 8.12. The van der Waals surface area contributed by atoms with Gasteiger partial charge in [-0.1, -0.05) is 0 Å². The third-order valence-electron chi connectivity index (χ3n) is 4.09. The van der Waals surface area contributed by atoms with Gasteiger partial charge in [0.2, 0.25) is 5.91 Å². The number of nitrogens with two attached hydrogens (primary N) is 1. The summed E-state index contributed by atoms with van der Waals surface area (Å²) < 4.78 is 11.4. The van der Waals surface area contributed by atoms with Crippen molar-refractivity contribution in [3.8, 4) is 11.5 Å². The Morgan fingerprint density at radius 1 is 1.27 bits per heavy atom. The van der Waals surface area contributed by atoms with E-state index >= 15 is 0 Å². The Labute approximate surface area is 149 Å². The maximum absolute atomic E-state index is 12.4. The molecule has 0 radical (unpaired) electrons. The molecule has 2 heterocycles. The number of ether oxygens (including phenoxy) is 2. The molecule has 0 bridgehead atoms. The molecule has 26 heavy (non-hydrogen) atoms. The largest absolute Gasteiger partial charge is 0.505 e. The highest BCUT2D eigenvalue weighted by molar-refractivity contribution is 5.96. The molecule has 8 nitrogen and oxygen atoms in total. The maximum Gasteiger partial charge on any atom is 0.255 e. The van der Waals surface area contributed by atoms with Crippen LogP contribution in [0.4, 0.5) is 0 Å². The second-order valence-electron chi connectivity index (χ2n) is 5.88. The molecule has 0 unspecified atom stereocenters. The van der Waals surface area contributed by atoms with Gasteiger partial charge in [-0.05, 0) is 36.8 Å². The predicted molar refractivity (Wildman–Crippen MR) is 92.0 cm³/mol. The van der Waals surface area contributed by atoms with Crippen molar-refractivity contribution in [1.82, 2.24) is 10.3 Å². The number of hydrogen-bond donors (Lipinski definition) is 3. The fraction of sp³-hybridized carbons (Fsp3) is 0.278. The Morgan fingerprint density at radius 3 is 2.73 bits per heavy atom. The third-order valence-corrected chi connectivity index (χ3v) is 4.09. The number of benzene rings is 1. The summed E-state index contributed by atoms with van der Waals surface area (Å²) in [5.74, 6) is -0.567. The van der Waals surface area contributed by atoms with E-state index in [9.17, 15) is 14.7 Å². The monoisotopic (exact) mass is 357 g/mol. The van der Waals surface area contributed by atoms with E-state index in [1.165, 1.54) is 18.5 Å². The molecule has 4 N–H and O–H groups in total. The van der Waals surface area contributed by atoms with Crippen molar-refractivity contribution in [2.75, 3.05) is 13.2 Å². The molecule has 1 fully saturated rings. The predicted octanol–water partition coefficient (Wildman–Crippen LogP) is 0.852. The minimum atomic E-state index is -0.514. The van der Waals surface area contributed by atoms with E-state index in [1.807, 2.05) is 0 Å². The van der Waals surface area contributed by atoms with Gasteiger partial charge in [0.25, 0.3) is 5.91 Å². The van der Waals surface area contributed by atoms with E-state index in [4.69, 9.17) is 15.2 Å². The number of amides is 2. The molecule has 136 valence electrons. The van der Waals surface area contributed by atoms with E-state index in [2.05, 4.69) is 10.3 Å². The summed E-state index contributed by atoms with van der Waals surface area (Å²) in [4.78, 5) is 27.3. The van der Waals surface area contributed by atoms with Crippen LogP contribution in [0.2, 0.25) is 0 Å². The first-order valence-electron chi connectivity index (χ1n) is 8.12. The van der Waals surface area contributed by atoms with Crippen LogP contribution in [0.15, 0.2) is 42.7 Å². The van der Waals surface area contributed by atoms with Crippen LogP contribution in [-0.2, 0) is 4.74 Å². The molecule has 3 rings (SSSR count). The Hall–Kier alpha value is -3.13. The fourth-order valence-electron chi connectivity index (χ4n) is 2.69. The van der Waals surface area contributed by atoms with Crippen molar-refractivity contribution in [1.29, 1.82) is 0 Å². The molecule has 8 heteroatoms. The zero-order valence-electron chi connectivity index (χ0n) is 13.9. The quantitative estimate of drug-likeness (QED) is 0.729. The third kappa shape index (κ3) is 4.09. The van der Waals surface area contributed by atoms with Gasteiger partial charge >= 0.3 is 0 Å². The average molecular weight is 357 g/mol. The Kier molecular flexibility index (Phi) is 5.33. The first-order chi connectivity index (χ1) is 12.5. The molecule has 1 aliphatic rings. The number of aromatic hydroxyl groups is 1. The van der Waals surface area contributed by atoms with Gasteiger partial charge in [0.05, 0.1) is 24.4 Å². The Bertz CT molecular complexity index is 794. The first kappa shape index (κ1) is 17.7. The number of nitrogens with one attached hydrogen (secondary N) is 1. The zero-order valence-corrected chi connectivity index (χ0v) is 13.9. The van der Waals surface area contributed by atoms with Crippen LogP contribution >= 0.6 is 0 Å². The topological polar surface area (TPSA) is 124 Å². The molecule has 0 spiro atoms. The number of pyridine rings is 1. The maximum atomic E-state index is 12.4. The van der Waals surface area contributed by atoms with Gasteiger partial charge in [0, 0.05) is 18.4 Å². The summed E-state index contributed by atoms with van der Waals surface area (Å²) in [7, 11) is 0. The van der Waals surface area contributed by atoms with Gasteiger partial charge in [-0.25, -0.2) is 0 Å². The van der Waals surface area contributed by atoms with E-state index in [0.29, 0.717) is 30.9 Å². The SMILES string of the molecule is NC(=O)c1ccc(O[C@@H]2COCC[C@H]2NC(=O)c2ccncc2O)cc1. The standard InChI is InChI=1S/C18H19N3O5/c19-17(23)11-1-3-12(4-2-11)26-16-10-25-8-6-14(16)21-18(24)13-5-7-20-9-15(13)22/h1-5,7,9,14,16,22H,6,8,10H2,(H2,19,23)(H,21,24)/t14-,16-/m1/s1. The molecule has 2 aromatic rings. The van der Waals surface area contributed by atoms with Gasteiger partial charge in [0.15, 0.2) is 0 Å². The van der Waals surface area contributed by atoms with Crippen LogP contribution in [0.3, 0.4) is 0 Å². The van der Waals surface area contributed by atoms with Crippen molar-refractivity contribution < 1.29 is 24.2 Å². The summed E-state index contributed by atoms with van der Waals surface area (Å²) in [5, 5.41) is 12.6. The number of hydrogen-bond acceptors (Lipinski definition) is 6. The van der Waals surface area contributed by atoms with Crippen LogP contribution < -0.4 is 15.8 Å². The van der Waals surface area contributed by atoms with Gasteiger partial charge in [-0.3, -0.25) is 14.6 Å². The zero-order chi connectivity index (χ0) is 18.5. The number of carbonyl (C=O) groups is 2. The van der Waals surface area contributed by atoms with Crippen LogP contribution in [0.5, 0.6) is 11.5 Å². The van der Waals surface area contributed by atoms with Gasteiger partial charge < -0.3 is 25.6 Å². The van der Waals surface area contributed by atoms with Gasteiger partial charge in [-0.15, -0.1) is 0 Å². The highest BCUT2D eigenvalue weighted by Gasteiger charge is 2.29. The molecule has 2 atom stereocenters. The fourth-order valence-corrected chi connectivity index (χ4v) is 2.69. The van der Waals surface area contributed by atoms with E-state index in [1.54, 1.807) is 24.3 Å². The highest BCUT2D eigenvalue weighted by atomic mass is 16.5. The van der Waals surface area contributed by atoms with Crippen LogP contribution in [0, 0.1) is 0 Å². The smallest absolute Gasteiger partial charge is 0.255 e.